The third-order valence-corrected chi connectivity index (χ3v) is 10.6. The summed E-state index contributed by atoms with van der Waals surface area (Å²) >= 11 is 0. The molecule has 0 amide bonds. The topological polar surface area (TPSA) is 54.8 Å². The molecule has 0 bridgehead atoms. The van der Waals surface area contributed by atoms with Gasteiger partial charge in [-0.05, 0) is 57.7 Å². The molecule has 8 heteroatoms. The fourth-order valence-electron chi connectivity index (χ4n) is 5.19. The second-order valence-electron chi connectivity index (χ2n) is 12.0. The molecule has 4 aromatic carbocycles. The number of hydrogen-bond donors (Lipinski definition) is 1. The van der Waals surface area contributed by atoms with E-state index in [0.29, 0.717) is 19.0 Å². The predicted octanol–water partition coefficient (Wildman–Crippen LogP) is 8.68. The van der Waals surface area contributed by atoms with Gasteiger partial charge in [-0.15, -0.1) is 0 Å². The lowest BCUT2D eigenvalue weighted by Crippen LogP contribution is -2.69. The third kappa shape index (κ3) is 13.5. The molecule has 1 heterocycles. The third-order valence-electron chi connectivity index (χ3n) is 8.18. The van der Waals surface area contributed by atoms with Crippen molar-refractivity contribution in [2.45, 2.75) is 19.8 Å². The van der Waals surface area contributed by atoms with E-state index in [2.05, 4.69) is 52.8 Å². The second-order valence-corrected chi connectivity index (χ2v) is 14.7. The lowest BCUT2D eigenvalue weighted by molar-refractivity contribution is -0.692. The van der Waals surface area contributed by atoms with E-state index in [1.54, 1.807) is 14.2 Å². The van der Waals surface area contributed by atoms with Crippen molar-refractivity contribution in [1.29, 1.82) is 0 Å². The molecule has 0 aliphatic rings. The Labute approximate surface area is 328 Å². The van der Waals surface area contributed by atoms with Crippen molar-refractivity contribution >= 4 is 46.0 Å². The van der Waals surface area contributed by atoms with Gasteiger partial charge in [0.2, 0.25) is 0 Å². The van der Waals surface area contributed by atoms with E-state index in [1.807, 2.05) is 149 Å². The molecule has 0 saturated heterocycles. The van der Waals surface area contributed by atoms with E-state index in [4.69, 9.17) is 18.9 Å². The van der Waals surface area contributed by atoms with Gasteiger partial charge in [0.15, 0.2) is 54.7 Å². The lowest BCUT2D eigenvalue weighted by atomic mass is 10.1. The fraction of sp³-hybridized carbons (Fsp3) is 0.174. The number of rotatable bonds is 21. The molecule has 0 radical (unpaired) electrons. The summed E-state index contributed by atoms with van der Waals surface area (Å²) in [4.78, 5) is 3.38. The average Bonchev–Trinajstić information content (AvgIpc) is 3.23. The molecule has 5 aromatic rings. The van der Waals surface area contributed by atoms with Crippen molar-refractivity contribution in [2.75, 3.05) is 32.3 Å². The van der Waals surface area contributed by atoms with Crippen LogP contribution in [0.4, 0.5) is 0 Å². The zero-order chi connectivity index (χ0) is 37.6. The Morgan fingerprint density at radius 3 is 1.78 bits per heavy atom. The first kappa shape index (κ1) is 39.8. The number of methoxy groups -OCH3 is 2. The Bertz CT molecular complexity index is 2010. The molecular formula is C46H48N2O4S2+2. The molecule has 0 aliphatic heterocycles. The van der Waals surface area contributed by atoms with Gasteiger partial charge >= 0.3 is 0 Å². The highest BCUT2D eigenvalue weighted by atomic mass is 33.1. The molecule has 0 aliphatic carbocycles. The van der Waals surface area contributed by atoms with Crippen LogP contribution in [0.25, 0.3) is 18.2 Å². The number of hydrogen-bond acceptors (Lipinski definition) is 6. The number of benzene rings is 4. The van der Waals surface area contributed by atoms with Crippen LogP contribution in [-0.2, 0) is 19.8 Å². The molecule has 1 aromatic heterocycles. The van der Waals surface area contributed by atoms with Crippen LogP contribution in [-0.4, -0.2) is 38.5 Å². The Balaban J connectivity index is 0.977. The minimum absolute atomic E-state index is 0.490. The number of aromatic nitrogens is 1. The van der Waals surface area contributed by atoms with Crippen LogP contribution < -0.4 is 28.5 Å². The van der Waals surface area contributed by atoms with Gasteiger partial charge in [-0.1, -0.05) is 131 Å². The summed E-state index contributed by atoms with van der Waals surface area (Å²) in [6, 6.07) is 36.4. The number of nitrogens with one attached hydrogen (secondary N) is 1. The highest BCUT2D eigenvalue weighted by molar-refractivity contribution is 8.76. The Morgan fingerprint density at radius 1 is 0.648 bits per heavy atom. The fourth-order valence-corrected chi connectivity index (χ4v) is 7.09. The Morgan fingerprint density at radius 2 is 1.20 bits per heavy atom. The summed E-state index contributed by atoms with van der Waals surface area (Å²) in [6.45, 7) is 6.79. The summed E-state index contributed by atoms with van der Waals surface area (Å²) in [6.07, 6.45) is 18.4. The van der Waals surface area contributed by atoms with Crippen LogP contribution in [0.1, 0.15) is 27.8 Å². The molecule has 1 N–H and O–H groups in total. The molecule has 6 nitrogen and oxygen atoms in total. The van der Waals surface area contributed by atoms with Crippen LogP contribution >= 0.6 is 21.6 Å². The molecule has 54 heavy (non-hydrogen) atoms. The molecule has 0 saturated carbocycles. The van der Waals surface area contributed by atoms with E-state index in [0.717, 1.165) is 75.2 Å². The van der Waals surface area contributed by atoms with Gasteiger partial charge in [-0.3, -0.25) is 0 Å². The summed E-state index contributed by atoms with van der Waals surface area (Å²) in [5.74, 6) is 4.91. The van der Waals surface area contributed by atoms with Gasteiger partial charge in [0.05, 0.1) is 25.7 Å². The molecule has 276 valence electrons. The molecule has 0 atom stereocenters. The minimum Gasteiger partial charge on any atom is -0.493 e. The summed E-state index contributed by atoms with van der Waals surface area (Å²) in [5, 5.41) is 0. The van der Waals surface area contributed by atoms with Crippen LogP contribution in [0.5, 0.6) is 23.0 Å². The monoisotopic (exact) mass is 756 g/mol. The molecule has 0 fully saturated rings. The summed E-state index contributed by atoms with van der Waals surface area (Å²) in [5.41, 5.74) is 6.44. The molecular weight excluding hydrogens is 709 g/mol. The van der Waals surface area contributed by atoms with Crippen LogP contribution in [0.3, 0.4) is 0 Å². The smallest absolute Gasteiger partial charge is 0.169 e. The number of allylic oxidation sites excluding steroid dienone is 4. The average molecular weight is 757 g/mol. The van der Waals surface area contributed by atoms with Gasteiger partial charge < -0.3 is 18.9 Å². The van der Waals surface area contributed by atoms with Gasteiger partial charge in [0, 0.05) is 18.2 Å². The van der Waals surface area contributed by atoms with E-state index in [9.17, 15) is 0 Å². The summed E-state index contributed by atoms with van der Waals surface area (Å²) < 4.78 is 25.4. The predicted molar refractivity (Wildman–Crippen MR) is 227 cm³/mol. The first-order valence-corrected chi connectivity index (χ1v) is 20.3. The van der Waals surface area contributed by atoms with Gasteiger partial charge in [0.25, 0.3) is 0 Å². The molecule has 0 spiro atoms. The number of nitrogens with zero attached hydrogens (tertiary/aromatic N) is 1. The maximum Gasteiger partial charge on any atom is 0.169 e. The van der Waals surface area contributed by atoms with E-state index in [-0.39, 0.29) is 0 Å². The molecule has 0 unspecified atom stereocenters. The quantitative estimate of drug-likeness (QED) is 0.0266. The standard InChI is InChI=1S/C46H47N2O4S2/c1-4-37(15-17-39-19-21-43(45(33-39)49-2)51-35-41-11-7-5-8-12-41)23-26-47-27-31-53-54-32-30-48-28-24-38(25-29-48)16-18-40-20-22-44(46(34-40)50-3)52-36-42-13-9-6-10-14-42/h4-26,28-29,33-34H,1,27,30-32,35-36H2,2-3H3/q+1/p+1/b17-15+,18-16+,37-23+,47-26?. The lowest BCUT2D eigenvalue weighted by Gasteiger charge is -2.11. The second kappa shape index (κ2) is 22.6. The number of aryl methyl sites for hydroxylation is 1. The van der Waals surface area contributed by atoms with Crippen LogP contribution in [0, 0.1) is 0 Å². The Hall–Kier alpha value is -5.44. The summed E-state index contributed by atoms with van der Waals surface area (Å²) in [7, 11) is 7.10. The van der Waals surface area contributed by atoms with Crippen molar-refractivity contribution in [3.8, 4) is 23.0 Å². The van der Waals surface area contributed by atoms with Crippen molar-refractivity contribution in [3.63, 3.8) is 0 Å². The normalized spacial score (nSPS) is 11.7. The SMILES string of the molecule is C=CC(/C=C/c1ccc(OCc2ccccc2)c(OC)c1)=C\C=[NH+]CCSSCC[n+]1ccc(/C=C/c2ccc(OCc3ccccc3)c(OC)c2)cc1. The van der Waals surface area contributed by atoms with Crippen molar-refractivity contribution in [1.82, 2.24) is 0 Å². The number of pyridine rings is 1. The van der Waals surface area contributed by atoms with Gasteiger partial charge in [0.1, 0.15) is 13.2 Å². The maximum absolute atomic E-state index is 5.99. The zero-order valence-electron chi connectivity index (χ0n) is 30.9. The highest BCUT2D eigenvalue weighted by Gasteiger charge is 2.07. The van der Waals surface area contributed by atoms with E-state index >= 15 is 0 Å². The van der Waals surface area contributed by atoms with E-state index in [1.165, 1.54) is 0 Å². The maximum atomic E-state index is 5.99. The van der Waals surface area contributed by atoms with Gasteiger partial charge in [-0.2, -0.15) is 0 Å². The Kier molecular flexibility index (Phi) is 16.6. The van der Waals surface area contributed by atoms with E-state index < -0.39 is 0 Å². The largest absolute Gasteiger partial charge is 0.493 e. The van der Waals surface area contributed by atoms with Crippen molar-refractivity contribution < 1.29 is 28.5 Å². The zero-order valence-corrected chi connectivity index (χ0v) is 32.6. The van der Waals surface area contributed by atoms with Crippen molar-refractivity contribution in [2.24, 2.45) is 0 Å². The number of ether oxygens (including phenoxy) is 4. The van der Waals surface area contributed by atoms with Crippen LogP contribution in [0.15, 0.2) is 152 Å². The molecule has 5 rings (SSSR count). The highest BCUT2D eigenvalue weighted by Crippen LogP contribution is 2.31. The van der Waals surface area contributed by atoms with Crippen LogP contribution in [0.2, 0.25) is 0 Å². The van der Waals surface area contributed by atoms with Crippen molar-refractivity contribution in [3.05, 3.63) is 180 Å². The first-order chi connectivity index (χ1) is 26.6. The van der Waals surface area contributed by atoms with Gasteiger partial charge in [-0.25, -0.2) is 9.56 Å². The first-order valence-electron chi connectivity index (χ1n) is 17.8. The minimum atomic E-state index is 0.490.